The van der Waals surface area contributed by atoms with E-state index in [1.54, 1.807) is 7.11 Å². The third-order valence-electron chi connectivity index (χ3n) is 2.77. The smallest absolute Gasteiger partial charge is 0.302 e. The number of esters is 1. The first-order valence-electron chi connectivity index (χ1n) is 6.69. The molecule has 0 aromatic heterocycles. The van der Waals surface area contributed by atoms with Gasteiger partial charge in [-0.25, -0.2) is 0 Å². The fourth-order valence-electron chi connectivity index (χ4n) is 1.76. The van der Waals surface area contributed by atoms with E-state index in [-0.39, 0.29) is 5.97 Å². The summed E-state index contributed by atoms with van der Waals surface area (Å²) in [5.41, 5.74) is 1.22. The topological polar surface area (TPSA) is 47.6 Å². The summed E-state index contributed by atoms with van der Waals surface area (Å²) in [4.78, 5) is 10.5. The minimum Gasteiger partial charge on any atom is -0.497 e. The molecule has 0 aliphatic carbocycles. The van der Waals surface area contributed by atoms with Crippen LogP contribution in [0, 0.1) is 0 Å². The van der Waals surface area contributed by atoms with Crippen LogP contribution < -0.4 is 10.1 Å². The van der Waals surface area contributed by atoms with E-state index in [4.69, 9.17) is 9.47 Å². The lowest BCUT2D eigenvalue weighted by Gasteiger charge is -2.06. The summed E-state index contributed by atoms with van der Waals surface area (Å²) in [6, 6.07) is 8.05. The Hall–Kier alpha value is -1.55. The minimum atomic E-state index is -0.198. The quantitative estimate of drug-likeness (QED) is 0.550. The second-order valence-corrected chi connectivity index (χ2v) is 4.43. The van der Waals surface area contributed by atoms with Gasteiger partial charge < -0.3 is 14.8 Å². The number of carbonyl (C=O) groups is 1. The molecule has 106 valence electrons. The van der Waals surface area contributed by atoms with Crippen LogP contribution in [0.1, 0.15) is 31.7 Å². The van der Waals surface area contributed by atoms with Gasteiger partial charge in [-0.2, -0.15) is 0 Å². The summed E-state index contributed by atoms with van der Waals surface area (Å²) < 4.78 is 10.0. The van der Waals surface area contributed by atoms with Crippen molar-refractivity contribution in [2.45, 2.75) is 32.7 Å². The maximum atomic E-state index is 10.5. The largest absolute Gasteiger partial charge is 0.497 e. The standard InChI is InChI=1S/C15H23NO3/c1-13(17)19-10-5-3-4-9-16-12-14-7-6-8-15(11-14)18-2/h6-8,11,16H,3-5,9-10,12H2,1-2H3. The van der Waals surface area contributed by atoms with Gasteiger partial charge in [-0.1, -0.05) is 12.1 Å². The number of benzene rings is 1. The summed E-state index contributed by atoms with van der Waals surface area (Å²) in [5.74, 6) is 0.692. The molecule has 0 bridgehead atoms. The number of methoxy groups -OCH3 is 1. The zero-order chi connectivity index (χ0) is 13.9. The molecule has 1 aromatic carbocycles. The van der Waals surface area contributed by atoms with Crippen LogP contribution in [0.4, 0.5) is 0 Å². The van der Waals surface area contributed by atoms with Crippen LogP contribution in [0.15, 0.2) is 24.3 Å². The molecule has 0 saturated heterocycles. The molecule has 1 N–H and O–H groups in total. The number of hydrogen-bond acceptors (Lipinski definition) is 4. The Morgan fingerprint density at radius 3 is 2.84 bits per heavy atom. The summed E-state index contributed by atoms with van der Waals surface area (Å²) in [7, 11) is 1.68. The van der Waals surface area contributed by atoms with Crippen molar-refractivity contribution in [3.05, 3.63) is 29.8 Å². The number of nitrogens with one attached hydrogen (secondary N) is 1. The average molecular weight is 265 g/mol. The van der Waals surface area contributed by atoms with Crippen molar-refractivity contribution in [2.24, 2.45) is 0 Å². The maximum absolute atomic E-state index is 10.5. The molecule has 0 radical (unpaired) electrons. The van der Waals surface area contributed by atoms with Crippen LogP contribution in [0.5, 0.6) is 5.75 Å². The Bertz CT molecular complexity index is 379. The first kappa shape index (κ1) is 15.5. The second kappa shape index (κ2) is 9.39. The Morgan fingerprint density at radius 2 is 2.11 bits per heavy atom. The van der Waals surface area contributed by atoms with Crippen molar-refractivity contribution in [3.63, 3.8) is 0 Å². The first-order valence-corrected chi connectivity index (χ1v) is 6.69. The summed E-state index contributed by atoms with van der Waals surface area (Å²) in [6.45, 7) is 3.79. The zero-order valence-electron chi connectivity index (χ0n) is 11.8. The summed E-state index contributed by atoms with van der Waals surface area (Å²) in [5, 5.41) is 3.39. The number of ether oxygens (including phenoxy) is 2. The molecule has 0 heterocycles. The van der Waals surface area contributed by atoms with Gasteiger partial charge in [0.1, 0.15) is 5.75 Å². The van der Waals surface area contributed by atoms with Gasteiger partial charge in [0.2, 0.25) is 0 Å². The predicted molar refractivity (Wildman–Crippen MR) is 75.2 cm³/mol. The molecule has 0 fully saturated rings. The lowest BCUT2D eigenvalue weighted by molar-refractivity contribution is -0.141. The van der Waals surface area contributed by atoms with Gasteiger partial charge in [-0.15, -0.1) is 0 Å². The molecular formula is C15H23NO3. The fourth-order valence-corrected chi connectivity index (χ4v) is 1.76. The molecule has 4 nitrogen and oxygen atoms in total. The van der Waals surface area contributed by atoms with Gasteiger partial charge in [0, 0.05) is 13.5 Å². The van der Waals surface area contributed by atoms with Crippen LogP contribution in [-0.2, 0) is 16.1 Å². The molecule has 0 aliphatic heterocycles. The van der Waals surface area contributed by atoms with Crippen LogP contribution in [0.2, 0.25) is 0 Å². The van der Waals surface area contributed by atoms with Crippen LogP contribution in [0.25, 0.3) is 0 Å². The van der Waals surface area contributed by atoms with Crippen molar-refractivity contribution in [1.29, 1.82) is 0 Å². The highest BCUT2D eigenvalue weighted by atomic mass is 16.5. The van der Waals surface area contributed by atoms with Crippen LogP contribution in [-0.4, -0.2) is 26.2 Å². The van der Waals surface area contributed by atoms with Gasteiger partial charge in [0.05, 0.1) is 13.7 Å². The van der Waals surface area contributed by atoms with Crippen LogP contribution >= 0.6 is 0 Å². The van der Waals surface area contributed by atoms with E-state index in [1.807, 2.05) is 18.2 Å². The molecule has 0 unspecified atom stereocenters. The maximum Gasteiger partial charge on any atom is 0.302 e. The van der Waals surface area contributed by atoms with E-state index in [9.17, 15) is 4.79 Å². The highest BCUT2D eigenvalue weighted by molar-refractivity contribution is 5.65. The highest BCUT2D eigenvalue weighted by Crippen LogP contribution is 2.12. The Labute approximate surface area is 115 Å². The number of carbonyl (C=O) groups excluding carboxylic acids is 1. The molecule has 1 rings (SSSR count). The van der Waals surface area contributed by atoms with Crippen LogP contribution in [0.3, 0.4) is 0 Å². The van der Waals surface area contributed by atoms with Gasteiger partial charge >= 0.3 is 5.97 Å². The van der Waals surface area contributed by atoms with E-state index in [0.29, 0.717) is 6.61 Å². The fraction of sp³-hybridized carbons (Fsp3) is 0.533. The third-order valence-corrected chi connectivity index (χ3v) is 2.77. The number of hydrogen-bond donors (Lipinski definition) is 1. The lowest BCUT2D eigenvalue weighted by atomic mass is 10.2. The van der Waals surface area contributed by atoms with Crippen molar-refractivity contribution in [3.8, 4) is 5.75 Å². The van der Waals surface area contributed by atoms with E-state index < -0.39 is 0 Å². The van der Waals surface area contributed by atoms with E-state index >= 15 is 0 Å². The van der Waals surface area contributed by atoms with Gasteiger partial charge in [-0.3, -0.25) is 4.79 Å². The third kappa shape index (κ3) is 7.47. The molecule has 0 saturated carbocycles. The molecule has 0 spiro atoms. The van der Waals surface area contributed by atoms with Crippen molar-refractivity contribution < 1.29 is 14.3 Å². The first-order chi connectivity index (χ1) is 9.22. The molecule has 0 amide bonds. The van der Waals surface area contributed by atoms with E-state index in [0.717, 1.165) is 38.1 Å². The molecule has 1 aromatic rings. The molecule has 19 heavy (non-hydrogen) atoms. The molecule has 0 atom stereocenters. The Morgan fingerprint density at radius 1 is 1.26 bits per heavy atom. The zero-order valence-corrected chi connectivity index (χ0v) is 11.8. The van der Waals surface area contributed by atoms with Crippen molar-refractivity contribution in [1.82, 2.24) is 5.32 Å². The van der Waals surface area contributed by atoms with Crippen molar-refractivity contribution >= 4 is 5.97 Å². The summed E-state index contributed by atoms with van der Waals surface area (Å²) >= 11 is 0. The predicted octanol–water partition coefficient (Wildman–Crippen LogP) is 2.52. The average Bonchev–Trinajstić information content (AvgIpc) is 2.41. The Kier molecular flexibility index (Phi) is 7.66. The normalized spacial score (nSPS) is 10.2. The second-order valence-electron chi connectivity index (χ2n) is 4.43. The van der Waals surface area contributed by atoms with Gasteiger partial charge in [0.25, 0.3) is 0 Å². The minimum absolute atomic E-state index is 0.198. The van der Waals surface area contributed by atoms with E-state index in [1.165, 1.54) is 12.5 Å². The monoisotopic (exact) mass is 265 g/mol. The SMILES string of the molecule is COc1cccc(CNCCCCCOC(C)=O)c1. The van der Waals surface area contributed by atoms with Gasteiger partial charge in [0.15, 0.2) is 0 Å². The lowest BCUT2D eigenvalue weighted by Crippen LogP contribution is -2.14. The number of unbranched alkanes of at least 4 members (excludes halogenated alkanes) is 2. The van der Waals surface area contributed by atoms with Gasteiger partial charge in [-0.05, 0) is 43.5 Å². The molecule has 0 aliphatic rings. The molecular weight excluding hydrogens is 242 g/mol. The highest BCUT2D eigenvalue weighted by Gasteiger charge is 1.96. The molecule has 4 heteroatoms. The Balaban J connectivity index is 2.02. The van der Waals surface area contributed by atoms with Crippen molar-refractivity contribution in [2.75, 3.05) is 20.3 Å². The number of rotatable bonds is 9. The summed E-state index contributed by atoms with van der Waals surface area (Å²) in [6.07, 6.45) is 3.09. The van der Waals surface area contributed by atoms with E-state index in [2.05, 4.69) is 11.4 Å².